The van der Waals surface area contributed by atoms with Gasteiger partial charge in [0, 0.05) is 18.0 Å². The number of H-pyrrole nitrogens is 1. The minimum atomic E-state index is -4.09. The number of alkyl halides is 3. The van der Waals surface area contributed by atoms with Crippen LogP contribution in [0, 0.1) is 11.8 Å². The summed E-state index contributed by atoms with van der Waals surface area (Å²) in [5.41, 5.74) is 1.52. The third-order valence-electron chi connectivity index (χ3n) is 3.96. The van der Waals surface area contributed by atoms with Crippen LogP contribution in [-0.4, -0.2) is 16.1 Å². The molecule has 0 aromatic carbocycles. The highest BCUT2D eigenvalue weighted by Gasteiger charge is 2.42. The second kappa shape index (κ2) is 4.59. The smallest absolute Gasteiger partial charge is 0.345 e. The molecule has 0 saturated carbocycles. The first-order valence-corrected chi connectivity index (χ1v) is 6.43. The SMILES string of the molecule is CC(C)C(C)c1nc2c([nH]1)CC(C(F)(F)F)CC2. The van der Waals surface area contributed by atoms with Crippen LogP contribution in [0.15, 0.2) is 0 Å². The summed E-state index contributed by atoms with van der Waals surface area (Å²) in [6.07, 6.45) is -3.44. The number of aryl methyl sites for hydroxylation is 1. The molecule has 1 aliphatic carbocycles. The lowest BCUT2D eigenvalue weighted by atomic mass is 9.89. The zero-order valence-corrected chi connectivity index (χ0v) is 10.9. The standard InChI is InChI=1S/C13H19F3N2/c1-7(2)8(3)12-17-10-5-4-9(13(14,15)16)6-11(10)18-12/h7-9H,4-6H2,1-3H3,(H,17,18). The first-order chi connectivity index (χ1) is 8.29. The molecule has 1 N–H and O–H groups in total. The van der Waals surface area contributed by atoms with E-state index in [4.69, 9.17) is 0 Å². The Bertz CT molecular complexity index is 420. The third kappa shape index (κ3) is 2.54. The molecule has 2 nitrogen and oxygen atoms in total. The van der Waals surface area contributed by atoms with Gasteiger partial charge in [0.15, 0.2) is 0 Å². The fourth-order valence-electron chi connectivity index (χ4n) is 2.31. The Morgan fingerprint density at radius 3 is 2.50 bits per heavy atom. The summed E-state index contributed by atoms with van der Waals surface area (Å²) in [6, 6.07) is 0. The van der Waals surface area contributed by atoms with Gasteiger partial charge < -0.3 is 4.98 Å². The number of rotatable bonds is 2. The van der Waals surface area contributed by atoms with Gasteiger partial charge in [-0.25, -0.2) is 4.98 Å². The molecule has 0 fully saturated rings. The van der Waals surface area contributed by atoms with Crippen molar-refractivity contribution in [3.05, 3.63) is 17.2 Å². The topological polar surface area (TPSA) is 28.7 Å². The van der Waals surface area contributed by atoms with Gasteiger partial charge in [-0.2, -0.15) is 13.2 Å². The van der Waals surface area contributed by atoms with Crippen LogP contribution in [0.25, 0.3) is 0 Å². The Labute approximate surface area is 105 Å². The predicted octanol–water partition coefficient (Wildman–Crippen LogP) is 3.84. The Balaban J connectivity index is 2.19. The van der Waals surface area contributed by atoms with Crippen molar-refractivity contribution in [2.75, 3.05) is 0 Å². The molecule has 2 rings (SSSR count). The van der Waals surface area contributed by atoms with E-state index in [2.05, 4.69) is 30.7 Å². The molecule has 0 radical (unpaired) electrons. The monoisotopic (exact) mass is 260 g/mol. The van der Waals surface area contributed by atoms with Gasteiger partial charge in [0.05, 0.1) is 11.6 Å². The van der Waals surface area contributed by atoms with Gasteiger partial charge in [-0.1, -0.05) is 20.8 Å². The Hall–Kier alpha value is -1.00. The molecule has 1 heterocycles. The quantitative estimate of drug-likeness (QED) is 0.860. The fraction of sp³-hybridized carbons (Fsp3) is 0.769. The van der Waals surface area contributed by atoms with Crippen molar-refractivity contribution in [2.45, 2.75) is 52.1 Å². The largest absolute Gasteiger partial charge is 0.392 e. The van der Waals surface area contributed by atoms with Crippen LogP contribution >= 0.6 is 0 Å². The number of fused-ring (bicyclic) bond motifs is 1. The summed E-state index contributed by atoms with van der Waals surface area (Å²) in [7, 11) is 0. The summed E-state index contributed by atoms with van der Waals surface area (Å²) in [4.78, 5) is 7.57. The van der Waals surface area contributed by atoms with Crippen LogP contribution < -0.4 is 0 Å². The second-order valence-corrected chi connectivity index (χ2v) is 5.56. The molecule has 0 bridgehead atoms. The van der Waals surface area contributed by atoms with Crippen LogP contribution in [0.3, 0.4) is 0 Å². The van der Waals surface area contributed by atoms with E-state index >= 15 is 0 Å². The van der Waals surface area contributed by atoms with Crippen LogP contribution in [0.1, 0.15) is 50.3 Å². The van der Waals surface area contributed by atoms with Gasteiger partial charge in [0.2, 0.25) is 0 Å². The molecule has 0 aliphatic heterocycles. The van der Waals surface area contributed by atoms with Crippen molar-refractivity contribution >= 4 is 0 Å². The van der Waals surface area contributed by atoms with Crippen LogP contribution in [0.5, 0.6) is 0 Å². The molecule has 5 heteroatoms. The molecule has 1 aliphatic rings. The van der Waals surface area contributed by atoms with E-state index < -0.39 is 12.1 Å². The van der Waals surface area contributed by atoms with Gasteiger partial charge in [-0.05, 0) is 18.8 Å². The minimum absolute atomic E-state index is 0.0522. The summed E-state index contributed by atoms with van der Waals surface area (Å²) in [5, 5.41) is 0. The zero-order valence-electron chi connectivity index (χ0n) is 10.9. The highest BCUT2D eigenvalue weighted by molar-refractivity contribution is 5.20. The van der Waals surface area contributed by atoms with Crippen molar-refractivity contribution in [1.29, 1.82) is 0 Å². The summed E-state index contributed by atoms with van der Waals surface area (Å²) in [5.74, 6) is 0.293. The normalized spacial score (nSPS) is 22.1. The molecule has 2 unspecified atom stereocenters. The molecular formula is C13H19F3N2. The maximum absolute atomic E-state index is 12.7. The molecule has 18 heavy (non-hydrogen) atoms. The molecule has 102 valence electrons. The predicted molar refractivity (Wildman–Crippen MR) is 63.4 cm³/mol. The molecular weight excluding hydrogens is 241 g/mol. The lowest BCUT2D eigenvalue weighted by Crippen LogP contribution is -2.28. The van der Waals surface area contributed by atoms with Gasteiger partial charge in [-0.3, -0.25) is 0 Å². The number of nitrogens with zero attached hydrogens (tertiary/aromatic N) is 1. The van der Waals surface area contributed by atoms with E-state index in [0.717, 1.165) is 11.5 Å². The molecule has 0 saturated heterocycles. The second-order valence-electron chi connectivity index (χ2n) is 5.56. The van der Waals surface area contributed by atoms with Gasteiger partial charge in [0.1, 0.15) is 5.82 Å². The highest BCUT2D eigenvalue weighted by atomic mass is 19.4. The summed E-state index contributed by atoms with van der Waals surface area (Å²) in [6.45, 7) is 6.23. The average molecular weight is 260 g/mol. The highest BCUT2D eigenvalue weighted by Crippen LogP contribution is 2.37. The first kappa shape index (κ1) is 13.4. The van der Waals surface area contributed by atoms with E-state index in [9.17, 15) is 13.2 Å². The number of aromatic nitrogens is 2. The van der Waals surface area contributed by atoms with E-state index in [-0.39, 0.29) is 18.8 Å². The number of imidazole rings is 1. The number of halogens is 3. The molecule has 0 amide bonds. The lowest BCUT2D eigenvalue weighted by molar-refractivity contribution is -0.177. The molecule has 2 atom stereocenters. The first-order valence-electron chi connectivity index (χ1n) is 6.43. The van der Waals surface area contributed by atoms with E-state index in [1.165, 1.54) is 0 Å². The Kier molecular flexibility index (Phi) is 3.43. The lowest BCUT2D eigenvalue weighted by Gasteiger charge is -2.23. The van der Waals surface area contributed by atoms with Gasteiger partial charge >= 0.3 is 6.18 Å². The minimum Gasteiger partial charge on any atom is -0.345 e. The number of hydrogen-bond donors (Lipinski definition) is 1. The maximum atomic E-state index is 12.7. The zero-order chi connectivity index (χ0) is 13.5. The van der Waals surface area contributed by atoms with Crippen molar-refractivity contribution in [2.24, 2.45) is 11.8 Å². The average Bonchev–Trinajstić information content (AvgIpc) is 2.68. The Morgan fingerprint density at radius 2 is 1.94 bits per heavy atom. The van der Waals surface area contributed by atoms with Gasteiger partial charge in [-0.15, -0.1) is 0 Å². The molecule has 0 spiro atoms. The molecule has 1 aromatic rings. The Morgan fingerprint density at radius 1 is 1.28 bits per heavy atom. The molecule has 1 aromatic heterocycles. The van der Waals surface area contributed by atoms with E-state index in [1.54, 1.807) is 0 Å². The van der Waals surface area contributed by atoms with Crippen LogP contribution in [-0.2, 0) is 12.8 Å². The van der Waals surface area contributed by atoms with Crippen LogP contribution in [0.4, 0.5) is 13.2 Å². The summed E-state index contributed by atoms with van der Waals surface area (Å²) >= 11 is 0. The van der Waals surface area contributed by atoms with Gasteiger partial charge in [0.25, 0.3) is 0 Å². The fourth-order valence-corrected chi connectivity index (χ4v) is 2.31. The summed E-state index contributed by atoms with van der Waals surface area (Å²) < 4.78 is 38.1. The number of aromatic amines is 1. The van der Waals surface area contributed by atoms with Crippen molar-refractivity contribution in [3.8, 4) is 0 Å². The van der Waals surface area contributed by atoms with Crippen molar-refractivity contribution in [1.82, 2.24) is 9.97 Å². The van der Waals surface area contributed by atoms with E-state index in [1.807, 2.05) is 0 Å². The third-order valence-corrected chi connectivity index (χ3v) is 3.96. The van der Waals surface area contributed by atoms with Crippen LogP contribution in [0.2, 0.25) is 0 Å². The number of nitrogens with one attached hydrogen (secondary N) is 1. The van der Waals surface area contributed by atoms with Crippen molar-refractivity contribution in [3.63, 3.8) is 0 Å². The van der Waals surface area contributed by atoms with Crippen molar-refractivity contribution < 1.29 is 13.2 Å². The maximum Gasteiger partial charge on any atom is 0.392 e. The van der Waals surface area contributed by atoms with E-state index in [0.29, 0.717) is 18.0 Å². The number of hydrogen-bond acceptors (Lipinski definition) is 1.